The molecule has 9 atom stereocenters. The molecule has 3 aromatic carbocycles. The van der Waals surface area contributed by atoms with Gasteiger partial charge in [-0.1, -0.05) is 100 Å². The summed E-state index contributed by atoms with van der Waals surface area (Å²) in [6.07, 6.45) is -6.89. The minimum absolute atomic E-state index is 0.0546. The number of amides is 11. The Morgan fingerprint density at radius 2 is 1.12 bits per heavy atom. The maximum Gasteiger partial charge on any atom is 0.416 e. The Labute approximate surface area is 551 Å². The lowest BCUT2D eigenvalue weighted by atomic mass is 9.97. The molecule has 0 unspecified atom stereocenters. The van der Waals surface area contributed by atoms with Crippen molar-refractivity contribution in [3.05, 3.63) is 106 Å². The van der Waals surface area contributed by atoms with Crippen LogP contribution in [0.2, 0.25) is 5.02 Å². The highest BCUT2D eigenvalue weighted by Crippen LogP contribution is 2.35. The van der Waals surface area contributed by atoms with Crippen LogP contribution in [0.5, 0.6) is 0 Å². The fraction of sp³-hybridized carbons (Fsp3) is 0.561. The number of aryl methyl sites for hydroxylation is 1. The summed E-state index contributed by atoms with van der Waals surface area (Å²) in [5.41, 5.74) is 0.269. The molecule has 0 bridgehead atoms. The molecule has 0 aliphatic carbocycles. The van der Waals surface area contributed by atoms with E-state index in [9.17, 15) is 51.5 Å². The second kappa shape index (κ2) is 33.2. The van der Waals surface area contributed by atoms with Crippen LogP contribution < -0.4 is 16.0 Å². The number of halogens is 6. The van der Waals surface area contributed by atoms with Crippen molar-refractivity contribution in [3.63, 3.8) is 0 Å². The molecule has 0 spiro atoms. The standard InChI is InChI=1S/C66H89ClF5N11O11/c1-14-40(4)57-64(94)78(9)36-55(86)76(7)37-56(87)80(11)50(33-45-22-27-47(67)28-23-45)61(91)77(8)35-53(84)74-48(29-24-43-20-25-46(26-21-43)66(70,71)72)60(90)83-38-65(68,69)34-52(83)63(93)82(13)51(32-44-18-16-15-17-19-44)62(92)81(12)49(30-39(2)3)59(89)73-41(5)31-54(85)79(10)42(6)58(88)75-57/h15-23,25-28,39-42,48-52,57H,14,24,29-38H2,1-13H3,(H,73,89)(H,74,84)(H,75,88)/t40-,41+,42-,48-,49-,50-,51-,52-,57-/m0/s1. The Kier molecular flexibility index (Phi) is 27.0. The first-order valence-corrected chi connectivity index (χ1v) is 31.5. The van der Waals surface area contributed by atoms with Crippen LogP contribution in [0.1, 0.15) is 95.9 Å². The molecule has 2 heterocycles. The van der Waals surface area contributed by atoms with Gasteiger partial charge in [-0.25, -0.2) is 8.78 Å². The Balaban J connectivity index is 1.61. The molecule has 28 heteroatoms. The van der Waals surface area contributed by atoms with Gasteiger partial charge in [0.1, 0.15) is 42.3 Å². The molecule has 5 rings (SSSR count). The zero-order chi connectivity index (χ0) is 70.4. The number of likely N-dealkylation sites (N-methyl/N-ethyl adjacent to an activating group) is 7. The molecule has 3 N–H and O–H groups in total. The second-order valence-electron chi connectivity index (χ2n) is 25.3. The van der Waals surface area contributed by atoms with E-state index < -0.39 is 176 Å². The van der Waals surface area contributed by atoms with E-state index in [0.29, 0.717) is 27.5 Å². The van der Waals surface area contributed by atoms with Gasteiger partial charge in [-0.05, 0) is 85.9 Å². The predicted molar refractivity (Wildman–Crippen MR) is 340 cm³/mol. The van der Waals surface area contributed by atoms with Crippen molar-refractivity contribution < 1.29 is 74.7 Å². The number of nitrogens with zero attached hydrogens (tertiary/aromatic N) is 8. The highest BCUT2D eigenvalue weighted by Gasteiger charge is 2.53. The van der Waals surface area contributed by atoms with Crippen molar-refractivity contribution in [1.29, 1.82) is 0 Å². The molecule has 2 fully saturated rings. The molecule has 2 aliphatic rings. The number of carbonyl (C=O) groups excluding carboxylic acids is 11. The molecule has 3 aromatic rings. The maximum atomic E-state index is 16.1. The quantitative estimate of drug-likeness (QED) is 0.222. The Morgan fingerprint density at radius 3 is 1.69 bits per heavy atom. The topological polar surface area (TPSA) is 250 Å². The Hall–Kier alpha value is -8.23. The van der Waals surface area contributed by atoms with Gasteiger partial charge in [-0.15, -0.1) is 0 Å². The second-order valence-corrected chi connectivity index (χ2v) is 25.7. The molecule has 2 aliphatic heterocycles. The molecule has 94 heavy (non-hydrogen) atoms. The number of hydrogen-bond donors (Lipinski definition) is 3. The number of rotatable bonds is 11. The summed E-state index contributed by atoms with van der Waals surface area (Å²) in [5.74, 6) is -13.6. The molecule has 22 nitrogen and oxygen atoms in total. The minimum atomic E-state index is -4.71. The molecular weight excluding hydrogens is 1250 g/mol. The fourth-order valence-electron chi connectivity index (χ4n) is 11.2. The van der Waals surface area contributed by atoms with Crippen LogP contribution in [0.25, 0.3) is 0 Å². The lowest BCUT2D eigenvalue weighted by molar-refractivity contribution is -0.152. The number of benzene rings is 3. The molecule has 0 radical (unpaired) electrons. The largest absolute Gasteiger partial charge is 0.416 e. The van der Waals surface area contributed by atoms with Crippen LogP contribution in [0.3, 0.4) is 0 Å². The number of nitrogens with one attached hydrogen (secondary N) is 3. The lowest BCUT2D eigenvalue weighted by Gasteiger charge is -2.37. The summed E-state index contributed by atoms with van der Waals surface area (Å²) < 4.78 is 73.0. The van der Waals surface area contributed by atoms with E-state index in [1.807, 2.05) is 0 Å². The van der Waals surface area contributed by atoms with Gasteiger partial charge in [0.25, 0.3) is 5.92 Å². The Bertz CT molecular complexity index is 3200. The molecule has 0 saturated carbocycles. The van der Waals surface area contributed by atoms with Crippen LogP contribution in [-0.2, 0) is 78.2 Å². The van der Waals surface area contributed by atoms with Crippen molar-refractivity contribution >= 4 is 76.6 Å². The van der Waals surface area contributed by atoms with E-state index >= 15 is 23.2 Å². The molecule has 11 amide bonds. The van der Waals surface area contributed by atoms with Gasteiger partial charge < -0.3 is 55.1 Å². The third-order valence-corrected chi connectivity index (χ3v) is 17.7. The summed E-state index contributed by atoms with van der Waals surface area (Å²) in [7, 11) is 9.03. The van der Waals surface area contributed by atoms with Crippen LogP contribution in [-0.4, -0.2) is 234 Å². The first-order chi connectivity index (χ1) is 43.8. The van der Waals surface area contributed by atoms with E-state index in [4.69, 9.17) is 11.6 Å². The molecule has 2 saturated heterocycles. The summed E-state index contributed by atoms with van der Waals surface area (Å²) in [5, 5.41) is 8.40. The van der Waals surface area contributed by atoms with Crippen molar-refractivity contribution in [1.82, 2.24) is 55.1 Å². The summed E-state index contributed by atoms with van der Waals surface area (Å²) >= 11 is 6.18. The number of hydrogen-bond acceptors (Lipinski definition) is 11. The van der Waals surface area contributed by atoms with E-state index in [-0.39, 0.29) is 43.6 Å². The molecular formula is C66H89ClF5N11O11. The third kappa shape index (κ3) is 20.6. The smallest absolute Gasteiger partial charge is 0.351 e. The highest BCUT2D eigenvalue weighted by atomic mass is 35.5. The van der Waals surface area contributed by atoms with Crippen molar-refractivity contribution in [3.8, 4) is 0 Å². The van der Waals surface area contributed by atoms with Gasteiger partial charge >= 0.3 is 6.18 Å². The van der Waals surface area contributed by atoms with Gasteiger partial charge in [0.15, 0.2) is 0 Å². The number of alkyl halides is 5. The minimum Gasteiger partial charge on any atom is -0.351 e. The summed E-state index contributed by atoms with van der Waals surface area (Å²) in [6, 6.07) is 7.31. The van der Waals surface area contributed by atoms with E-state index in [1.54, 1.807) is 82.3 Å². The van der Waals surface area contributed by atoms with E-state index in [0.717, 1.165) is 58.6 Å². The fourth-order valence-corrected chi connectivity index (χ4v) is 11.3. The van der Waals surface area contributed by atoms with Gasteiger partial charge in [0.05, 0.1) is 31.7 Å². The highest BCUT2D eigenvalue weighted by molar-refractivity contribution is 6.30. The average molecular weight is 1340 g/mol. The SMILES string of the molecule is CC[C@H](C)[C@@H]1NC(=O)[C@H](C)N(C)C(=O)C[C@@H](C)NC(=O)[C@H](CC(C)C)N(C)C(=O)[C@H](Cc2ccccc2)N(C)C(=O)[C@@H]2CC(F)(F)CN2C(=O)[C@H](CCc2ccc(C(F)(F)F)cc2)NC(=O)CN(C)C(=O)[C@H](Cc2ccc(Cl)cc2)N(C)C(=O)CN(C)C(=O)CN(C)C1=O. The summed E-state index contributed by atoms with van der Waals surface area (Å²) in [4.78, 5) is 167. The van der Waals surface area contributed by atoms with Gasteiger partial charge in [0.2, 0.25) is 65.0 Å². The van der Waals surface area contributed by atoms with Gasteiger partial charge in [-0.3, -0.25) is 52.7 Å². The van der Waals surface area contributed by atoms with E-state index in [2.05, 4.69) is 16.0 Å². The molecule has 0 aromatic heterocycles. The van der Waals surface area contributed by atoms with Crippen molar-refractivity contribution in [2.75, 3.05) is 75.5 Å². The number of carbonyl (C=O) groups is 11. The maximum absolute atomic E-state index is 16.1. The zero-order valence-corrected chi connectivity index (χ0v) is 56.4. The monoisotopic (exact) mass is 1340 g/mol. The zero-order valence-electron chi connectivity index (χ0n) is 55.6. The first kappa shape index (κ1) is 76.5. The van der Waals surface area contributed by atoms with Crippen LogP contribution in [0.15, 0.2) is 78.9 Å². The van der Waals surface area contributed by atoms with E-state index in [1.165, 1.54) is 63.2 Å². The van der Waals surface area contributed by atoms with Gasteiger partial charge in [-0.2, -0.15) is 13.2 Å². The molecule has 516 valence electrons. The Morgan fingerprint density at radius 1 is 0.574 bits per heavy atom. The predicted octanol–water partition coefficient (Wildman–Crippen LogP) is 4.69. The lowest BCUT2D eigenvalue weighted by Crippen LogP contribution is -2.59. The van der Waals surface area contributed by atoms with Crippen LogP contribution in [0.4, 0.5) is 22.0 Å². The third-order valence-electron chi connectivity index (χ3n) is 17.5. The van der Waals surface area contributed by atoms with Crippen molar-refractivity contribution in [2.24, 2.45) is 11.8 Å². The van der Waals surface area contributed by atoms with Crippen LogP contribution >= 0.6 is 11.6 Å². The summed E-state index contributed by atoms with van der Waals surface area (Å²) in [6.45, 7) is 6.69. The first-order valence-electron chi connectivity index (χ1n) is 31.2. The number of fused-ring (bicyclic) bond motifs is 1. The average Bonchev–Trinajstić information content (AvgIpc) is 1.60. The normalized spacial score (nSPS) is 24.6. The van der Waals surface area contributed by atoms with Gasteiger partial charge in [0, 0.05) is 86.1 Å². The van der Waals surface area contributed by atoms with Crippen LogP contribution in [0, 0.1) is 11.8 Å². The van der Waals surface area contributed by atoms with Crippen molar-refractivity contribution in [2.45, 2.75) is 153 Å².